The van der Waals surface area contributed by atoms with Gasteiger partial charge in [-0.2, -0.15) is 0 Å². The number of nitrogens with zero attached hydrogens (tertiary/aromatic N) is 4. The second-order valence-corrected chi connectivity index (χ2v) is 5.67. The molecule has 0 saturated carbocycles. The van der Waals surface area contributed by atoms with E-state index in [2.05, 4.69) is 15.3 Å². The van der Waals surface area contributed by atoms with Crippen molar-refractivity contribution >= 4 is 11.5 Å². The fraction of sp³-hybridized carbons (Fsp3) is 0.176. The van der Waals surface area contributed by atoms with Crippen LogP contribution in [0.1, 0.15) is 0 Å². The van der Waals surface area contributed by atoms with Crippen molar-refractivity contribution in [1.82, 2.24) is 14.5 Å². The topological polar surface area (TPSA) is 46.0 Å². The molecule has 0 amide bonds. The number of halogens is 2. The first-order valence-electron chi connectivity index (χ1n) is 7.54. The van der Waals surface area contributed by atoms with E-state index in [0.717, 1.165) is 29.7 Å². The number of aromatic nitrogens is 3. The number of likely N-dealkylation sites (N-methyl/N-ethyl adjacent to an activating group) is 1. The molecule has 1 N–H and O–H groups in total. The largest absolute Gasteiger partial charge is 0.361 e. The monoisotopic (exact) mass is 327 g/mol. The highest BCUT2D eigenvalue weighted by Crippen LogP contribution is 2.31. The lowest BCUT2D eigenvalue weighted by atomic mass is 10.2. The van der Waals surface area contributed by atoms with Gasteiger partial charge >= 0.3 is 0 Å². The minimum atomic E-state index is -0.499. The summed E-state index contributed by atoms with van der Waals surface area (Å²) in [4.78, 5) is 10.6. The first kappa shape index (κ1) is 14.6. The number of anilines is 2. The zero-order chi connectivity index (χ0) is 16.7. The Morgan fingerprint density at radius 1 is 1.17 bits per heavy atom. The molecule has 3 aromatic rings. The summed E-state index contributed by atoms with van der Waals surface area (Å²) < 4.78 is 29.3. The van der Waals surface area contributed by atoms with E-state index in [1.54, 1.807) is 23.2 Å². The molecule has 1 unspecified atom stereocenters. The third kappa shape index (κ3) is 2.38. The summed E-state index contributed by atoms with van der Waals surface area (Å²) in [7, 11) is 1.94. The highest BCUT2D eigenvalue weighted by molar-refractivity contribution is 5.71. The SMILES string of the molecule is CN1c2ncccc2NC1Cn1ccnc1-c1cc(F)ccc1F. The molecule has 0 bridgehead atoms. The van der Waals surface area contributed by atoms with E-state index < -0.39 is 11.6 Å². The molecule has 122 valence electrons. The Kier molecular flexibility index (Phi) is 3.41. The Hall–Kier alpha value is -2.96. The van der Waals surface area contributed by atoms with Gasteiger partial charge in [-0.25, -0.2) is 18.7 Å². The Labute approximate surface area is 137 Å². The summed E-state index contributed by atoms with van der Waals surface area (Å²) >= 11 is 0. The molecule has 0 fully saturated rings. The van der Waals surface area contributed by atoms with Crippen molar-refractivity contribution in [3.8, 4) is 11.4 Å². The van der Waals surface area contributed by atoms with Crippen LogP contribution < -0.4 is 10.2 Å². The van der Waals surface area contributed by atoms with Crippen LogP contribution in [0.15, 0.2) is 48.9 Å². The maximum absolute atomic E-state index is 14.1. The second-order valence-electron chi connectivity index (χ2n) is 5.67. The van der Waals surface area contributed by atoms with Gasteiger partial charge in [-0.3, -0.25) is 0 Å². The van der Waals surface area contributed by atoms with Crippen LogP contribution in [0.2, 0.25) is 0 Å². The quantitative estimate of drug-likeness (QED) is 0.803. The van der Waals surface area contributed by atoms with Crippen LogP contribution in [0.5, 0.6) is 0 Å². The zero-order valence-corrected chi connectivity index (χ0v) is 12.9. The number of rotatable bonds is 3. The molecule has 5 nitrogen and oxygen atoms in total. The molecule has 1 atom stereocenters. The van der Waals surface area contributed by atoms with Crippen molar-refractivity contribution in [3.63, 3.8) is 0 Å². The lowest BCUT2D eigenvalue weighted by Crippen LogP contribution is -2.36. The molecule has 0 aliphatic carbocycles. The average molecular weight is 327 g/mol. The normalized spacial score (nSPS) is 16.1. The Morgan fingerprint density at radius 3 is 2.88 bits per heavy atom. The van der Waals surface area contributed by atoms with Gasteiger partial charge in [-0.15, -0.1) is 0 Å². The van der Waals surface area contributed by atoms with Gasteiger partial charge in [-0.1, -0.05) is 0 Å². The molecule has 1 aliphatic heterocycles. The maximum atomic E-state index is 14.1. The third-order valence-electron chi connectivity index (χ3n) is 4.16. The number of benzene rings is 1. The summed E-state index contributed by atoms with van der Waals surface area (Å²) in [5, 5.41) is 3.37. The number of hydrogen-bond acceptors (Lipinski definition) is 4. The molecular formula is C17H15F2N5. The number of hydrogen-bond donors (Lipinski definition) is 1. The predicted octanol–water partition coefficient (Wildman–Crippen LogP) is 3.11. The van der Waals surface area contributed by atoms with E-state index in [9.17, 15) is 8.78 Å². The van der Waals surface area contributed by atoms with Crippen molar-refractivity contribution in [1.29, 1.82) is 0 Å². The minimum absolute atomic E-state index is 0.0560. The molecule has 7 heteroatoms. The van der Waals surface area contributed by atoms with Crippen LogP contribution in [0.4, 0.5) is 20.3 Å². The fourth-order valence-electron chi connectivity index (χ4n) is 2.94. The van der Waals surface area contributed by atoms with Crippen LogP contribution in [-0.4, -0.2) is 27.7 Å². The summed E-state index contributed by atoms with van der Waals surface area (Å²) in [5.41, 5.74) is 1.10. The standard InChI is InChI=1S/C17H15F2N5/c1-23-15(22-14-3-2-6-20-17(14)23)10-24-8-7-21-16(24)12-9-11(18)4-5-13(12)19/h2-9,15,22H,10H2,1H3. The molecular weight excluding hydrogens is 312 g/mol. The van der Waals surface area contributed by atoms with E-state index in [-0.39, 0.29) is 11.7 Å². The van der Waals surface area contributed by atoms with Gasteiger partial charge in [0.05, 0.1) is 17.8 Å². The molecule has 1 aromatic carbocycles. The molecule has 2 aromatic heterocycles. The van der Waals surface area contributed by atoms with Gasteiger partial charge in [0.15, 0.2) is 5.82 Å². The van der Waals surface area contributed by atoms with Gasteiger partial charge < -0.3 is 14.8 Å². The predicted molar refractivity (Wildman–Crippen MR) is 87.6 cm³/mol. The smallest absolute Gasteiger partial charge is 0.153 e. The Bertz CT molecular complexity index is 892. The number of nitrogens with one attached hydrogen (secondary N) is 1. The highest BCUT2D eigenvalue weighted by Gasteiger charge is 2.27. The van der Waals surface area contributed by atoms with Gasteiger partial charge in [0.1, 0.15) is 23.6 Å². The molecule has 1 aliphatic rings. The lowest BCUT2D eigenvalue weighted by Gasteiger charge is -2.22. The van der Waals surface area contributed by atoms with Gasteiger partial charge in [0.2, 0.25) is 0 Å². The van der Waals surface area contributed by atoms with E-state index in [0.29, 0.717) is 12.4 Å². The van der Waals surface area contributed by atoms with Gasteiger partial charge in [0, 0.05) is 25.6 Å². The van der Waals surface area contributed by atoms with E-state index in [1.807, 2.05) is 24.1 Å². The minimum Gasteiger partial charge on any atom is -0.361 e. The lowest BCUT2D eigenvalue weighted by molar-refractivity contribution is 0.580. The maximum Gasteiger partial charge on any atom is 0.153 e. The number of imidazole rings is 1. The molecule has 0 saturated heterocycles. The van der Waals surface area contributed by atoms with Crippen molar-refractivity contribution in [3.05, 3.63) is 60.6 Å². The molecule has 0 spiro atoms. The van der Waals surface area contributed by atoms with Crippen LogP contribution in [0, 0.1) is 11.6 Å². The fourth-order valence-corrected chi connectivity index (χ4v) is 2.94. The van der Waals surface area contributed by atoms with Crippen LogP contribution >= 0.6 is 0 Å². The van der Waals surface area contributed by atoms with Gasteiger partial charge in [-0.05, 0) is 30.3 Å². The van der Waals surface area contributed by atoms with Crippen molar-refractivity contribution in [2.75, 3.05) is 17.3 Å². The molecule has 4 rings (SSSR count). The van der Waals surface area contributed by atoms with Crippen molar-refractivity contribution in [2.45, 2.75) is 12.7 Å². The summed E-state index contributed by atoms with van der Waals surface area (Å²) in [6.45, 7) is 0.512. The molecule has 0 radical (unpaired) electrons. The summed E-state index contributed by atoms with van der Waals surface area (Å²) in [6, 6.07) is 7.20. The van der Waals surface area contributed by atoms with Crippen molar-refractivity contribution < 1.29 is 8.78 Å². The first-order valence-corrected chi connectivity index (χ1v) is 7.54. The summed E-state index contributed by atoms with van der Waals surface area (Å²) in [6.07, 6.45) is 5.02. The highest BCUT2D eigenvalue weighted by atomic mass is 19.1. The van der Waals surface area contributed by atoms with Crippen LogP contribution in [0.25, 0.3) is 11.4 Å². The van der Waals surface area contributed by atoms with Crippen LogP contribution in [-0.2, 0) is 6.54 Å². The molecule has 3 heterocycles. The Morgan fingerprint density at radius 2 is 2.04 bits per heavy atom. The average Bonchev–Trinajstić information content (AvgIpc) is 3.16. The summed E-state index contributed by atoms with van der Waals surface area (Å²) in [5.74, 6) is 0.266. The second kappa shape index (κ2) is 5.59. The van der Waals surface area contributed by atoms with E-state index in [1.165, 1.54) is 0 Å². The Balaban J connectivity index is 1.64. The molecule has 24 heavy (non-hydrogen) atoms. The zero-order valence-electron chi connectivity index (χ0n) is 12.9. The van der Waals surface area contributed by atoms with E-state index >= 15 is 0 Å². The third-order valence-corrected chi connectivity index (χ3v) is 4.16. The number of fused-ring (bicyclic) bond motifs is 1. The van der Waals surface area contributed by atoms with E-state index in [4.69, 9.17) is 0 Å². The van der Waals surface area contributed by atoms with Gasteiger partial charge in [0.25, 0.3) is 0 Å². The first-order chi connectivity index (χ1) is 11.6. The number of pyridine rings is 1. The van der Waals surface area contributed by atoms with Crippen LogP contribution in [0.3, 0.4) is 0 Å². The van der Waals surface area contributed by atoms with Crippen molar-refractivity contribution in [2.24, 2.45) is 0 Å².